The van der Waals surface area contributed by atoms with E-state index in [0.29, 0.717) is 12.2 Å². The zero-order valence-corrected chi connectivity index (χ0v) is 13.5. The maximum absolute atomic E-state index is 11.9. The van der Waals surface area contributed by atoms with Gasteiger partial charge in [0.25, 0.3) is 0 Å². The van der Waals surface area contributed by atoms with E-state index >= 15 is 0 Å². The topological polar surface area (TPSA) is 44.8 Å². The highest BCUT2D eigenvalue weighted by atomic mass is 16.6. The van der Waals surface area contributed by atoms with Crippen LogP contribution in [0.15, 0.2) is 54.6 Å². The number of ether oxygens (including phenoxy) is 3. The van der Waals surface area contributed by atoms with Crippen molar-refractivity contribution in [3.05, 3.63) is 60.2 Å². The molecule has 0 saturated carbocycles. The van der Waals surface area contributed by atoms with Crippen LogP contribution < -0.4 is 9.47 Å². The van der Waals surface area contributed by atoms with Crippen molar-refractivity contribution in [3.63, 3.8) is 0 Å². The minimum atomic E-state index is -0.364. The molecule has 122 valence electrons. The molecule has 0 fully saturated rings. The summed E-state index contributed by atoms with van der Waals surface area (Å²) in [6, 6.07) is 16.4. The highest BCUT2D eigenvalue weighted by Gasteiger charge is 2.08. The molecule has 2 rings (SSSR count). The predicted octanol–water partition coefficient (Wildman–Crippen LogP) is 4.10. The van der Waals surface area contributed by atoms with E-state index in [-0.39, 0.29) is 18.7 Å². The Morgan fingerprint density at radius 2 is 1.65 bits per heavy atom. The smallest absolute Gasteiger partial charge is 0.338 e. The fourth-order valence-electron chi connectivity index (χ4n) is 1.88. The lowest BCUT2D eigenvalue weighted by molar-refractivity contribution is 0.0450. The molecule has 4 nitrogen and oxygen atoms in total. The summed E-state index contributed by atoms with van der Waals surface area (Å²) in [7, 11) is 0. The molecule has 0 bridgehead atoms. The summed E-state index contributed by atoms with van der Waals surface area (Å²) in [5.74, 6) is 1.15. The normalized spacial score (nSPS) is 11.6. The van der Waals surface area contributed by atoms with Crippen LogP contribution in [0.3, 0.4) is 0 Å². The molecule has 2 aromatic carbocycles. The minimum Gasteiger partial charge on any atom is -0.491 e. The molecule has 0 aliphatic heterocycles. The lowest BCUT2D eigenvalue weighted by Gasteiger charge is -2.12. The van der Waals surface area contributed by atoms with E-state index in [0.717, 1.165) is 17.9 Å². The minimum absolute atomic E-state index is 0.155. The summed E-state index contributed by atoms with van der Waals surface area (Å²) < 4.78 is 16.3. The van der Waals surface area contributed by atoms with Crippen LogP contribution in [0.5, 0.6) is 11.5 Å². The summed E-state index contributed by atoms with van der Waals surface area (Å²) in [6.07, 6.45) is 1.09. The van der Waals surface area contributed by atoms with Crippen LogP contribution in [0, 0.1) is 0 Å². The van der Waals surface area contributed by atoms with Crippen LogP contribution in [0.1, 0.15) is 30.6 Å². The molecule has 4 heteroatoms. The number of para-hydroxylation sites is 1. The molecule has 0 heterocycles. The Labute approximate surface area is 137 Å². The first-order valence-corrected chi connectivity index (χ1v) is 7.80. The first-order valence-electron chi connectivity index (χ1n) is 7.80. The average molecular weight is 314 g/mol. The molecule has 0 spiro atoms. The second kappa shape index (κ2) is 8.83. The zero-order valence-electron chi connectivity index (χ0n) is 13.5. The third-order valence-corrected chi connectivity index (χ3v) is 3.33. The van der Waals surface area contributed by atoms with E-state index in [9.17, 15) is 4.79 Å². The first kappa shape index (κ1) is 16.9. The van der Waals surface area contributed by atoms with Crippen LogP contribution in [-0.2, 0) is 4.74 Å². The molecule has 0 saturated heterocycles. The van der Waals surface area contributed by atoms with E-state index in [2.05, 4.69) is 6.92 Å². The van der Waals surface area contributed by atoms with Crippen LogP contribution in [0.2, 0.25) is 0 Å². The van der Waals surface area contributed by atoms with Gasteiger partial charge in [-0.25, -0.2) is 4.79 Å². The Morgan fingerprint density at radius 1 is 0.957 bits per heavy atom. The van der Waals surface area contributed by atoms with Crippen LogP contribution in [-0.4, -0.2) is 25.3 Å². The van der Waals surface area contributed by atoms with Gasteiger partial charge in [-0.15, -0.1) is 0 Å². The van der Waals surface area contributed by atoms with Crippen LogP contribution >= 0.6 is 0 Å². The molecule has 0 aliphatic rings. The molecule has 1 unspecified atom stereocenters. The van der Waals surface area contributed by atoms with Gasteiger partial charge in [0.1, 0.15) is 24.7 Å². The van der Waals surface area contributed by atoms with Gasteiger partial charge in [-0.1, -0.05) is 25.1 Å². The summed E-state index contributed by atoms with van der Waals surface area (Å²) in [4.78, 5) is 11.9. The fraction of sp³-hybridized carbons (Fsp3) is 0.316. The van der Waals surface area contributed by atoms with Crippen molar-refractivity contribution in [1.82, 2.24) is 0 Å². The maximum atomic E-state index is 11.9. The van der Waals surface area contributed by atoms with Crippen molar-refractivity contribution in [2.24, 2.45) is 0 Å². The van der Waals surface area contributed by atoms with E-state index in [1.165, 1.54) is 0 Å². The monoisotopic (exact) mass is 314 g/mol. The fourth-order valence-corrected chi connectivity index (χ4v) is 1.88. The number of esters is 1. The zero-order chi connectivity index (χ0) is 16.5. The maximum Gasteiger partial charge on any atom is 0.338 e. The van der Waals surface area contributed by atoms with E-state index < -0.39 is 0 Å². The lowest BCUT2D eigenvalue weighted by atomic mass is 10.2. The Balaban J connectivity index is 1.75. The lowest BCUT2D eigenvalue weighted by Crippen LogP contribution is -2.13. The number of carbonyl (C=O) groups is 1. The number of hydrogen-bond donors (Lipinski definition) is 0. The molecular formula is C19H22O4. The summed E-state index contributed by atoms with van der Waals surface area (Å²) >= 11 is 0. The number of hydrogen-bond acceptors (Lipinski definition) is 4. The van der Waals surface area contributed by atoms with Crippen molar-refractivity contribution in [1.29, 1.82) is 0 Å². The van der Waals surface area contributed by atoms with Gasteiger partial charge in [-0.05, 0) is 49.7 Å². The van der Waals surface area contributed by atoms with Gasteiger partial charge in [-0.3, -0.25) is 0 Å². The van der Waals surface area contributed by atoms with Crippen LogP contribution in [0.25, 0.3) is 0 Å². The average Bonchev–Trinajstić information content (AvgIpc) is 2.60. The standard InChI is InChI=1S/C19H22O4/c1-3-15(2)23-18-11-9-16(10-12-18)19(20)22-14-13-21-17-7-5-4-6-8-17/h4-12,15H,3,13-14H2,1-2H3. The molecular weight excluding hydrogens is 292 g/mol. The third-order valence-electron chi connectivity index (χ3n) is 3.33. The molecule has 0 radical (unpaired) electrons. The Hall–Kier alpha value is -2.49. The van der Waals surface area contributed by atoms with Gasteiger partial charge < -0.3 is 14.2 Å². The molecule has 0 aromatic heterocycles. The SMILES string of the molecule is CCC(C)Oc1ccc(C(=O)OCCOc2ccccc2)cc1. The molecule has 1 atom stereocenters. The predicted molar refractivity (Wildman–Crippen MR) is 89.0 cm³/mol. The molecule has 2 aromatic rings. The summed E-state index contributed by atoms with van der Waals surface area (Å²) in [5.41, 5.74) is 0.501. The van der Waals surface area contributed by atoms with Crippen LogP contribution in [0.4, 0.5) is 0 Å². The van der Waals surface area contributed by atoms with Gasteiger partial charge in [-0.2, -0.15) is 0 Å². The highest BCUT2D eigenvalue weighted by molar-refractivity contribution is 5.89. The first-order chi connectivity index (χ1) is 11.2. The van der Waals surface area contributed by atoms with E-state index in [4.69, 9.17) is 14.2 Å². The second-order valence-electron chi connectivity index (χ2n) is 5.16. The van der Waals surface area contributed by atoms with Crippen molar-refractivity contribution < 1.29 is 19.0 Å². The Kier molecular flexibility index (Phi) is 6.48. The largest absolute Gasteiger partial charge is 0.491 e. The Bertz CT molecular complexity index is 593. The van der Waals surface area contributed by atoms with Crippen molar-refractivity contribution >= 4 is 5.97 Å². The molecule has 23 heavy (non-hydrogen) atoms. The van der Waals surface area contributed by atoms with Gasteiger partial charge >= 0.3 is 5.97 Å². The molecule has 0 amide bonds. The number of rotatable bonds is 8. The van der Waals surface area contributed by atoms with E-state index in [1.54, 1.807) is 24.3 Å². The second-order valence-corrected chi connectivity index (χ2v) is 5.16. The van der Waals surface area contributed by atoms with Crippen molar-refractivity contribution in [3.8, 4) is 11.5 Å². The van der Waals surface area contributed by atoms with Gasteiger partial charge in [0.05, 0.1) is 11.7 Å². The summed E-state index contributed by atoms with van der Waals surface area (Å²) in [6.45, 7) is 4.60. The van der Waals surface area contributed by atoms with E-state index in [1.807, 2.05) is 37.3 Å². The number of carbonyl (C=O) groups excluding carboxylic acids is 1. The van der Waals surface area contributed by atoms with Gasteiger partial charge in [0.15, 0.2) is 0 Å². The highest BCUT2D eigenvalue weighted by Crippen LogP contribution is 2.15. The summed E-state index contributed by atoms with van der Waals surface area (Å²) in [5, 5.41) is 0. The van der Waals surface area contributed by atoms with Crippen molar-refractivity contribution in [2.45, 2.75) is 26.4 Å². The molecule has 0 N–H and O–H groups in total. The Morgan fingerprint density at radius 3 is 2.30 bits per heavy atom. The van der Waals surface area contributed by atoms with Gasteiger partial charge in [0.2, 0.25) is 0 Å². The number of benzene rings is 2. The van der Waals surface area contributed by atoms with Gasteiger partial charge in [0, 0.05) is 0 Å². The van der Waals surface area contributed by atoms with Crippen molar-refractivity contribution in [2.75, 3.05) is 13.2 Å². The third kappa shape index (κ3) is 5.66. The molecule has 0 aliphatic carbocycles. The quantitative estimate of drug-likeness (QED) is 0.543.